The van der Waals surface area contributed by atoms with Gasteiger partial charge in [-0.2, -0.15) is 0 Å². The van der Waals surface area contributed by atoms with E-state index in [1.54, 1.807) is 0 Å². The first-order valence-corrected chi connectivity index (χ1v) is 7.90. The Balaban J connectivity index is 2.41. The topological polar surface area (TPSA) is 115 Å². The zero-order valence-electron chi connectivity index (χ0n) is 10.0. The average molecular weight is 352 g/mol. The molecule has 2 aromatic rings. The fourth-order valence-electron chi connectivity index (χ4n) is 1.41. The van der Waals surface area contributed by atoms with Crippen molar-refractivity contribution < 1.29 is 17.7 Å². The number of thiophene rings is 1. The van der Waals surface area contributed by atoms with E-state index in [0.29, 0.717) is 11.3 Å². The molecule has 0 atom stereocenters. The summed E-state index contributed by atoms with van der Waals surface area (Å²) < 4.78 is 38.7. The molecule has 112 valence electrons. The Hall–Kier alpha value is -1.91. The number of sulfonamides is 1. The third kappa shape index (κ3) is 3.23. The third-order valence-electron chi connectivity index (χ3n) is 2.37. The van der Waals surface area contributed by atoms with Crippen LogP contribution in [0.5, 0.6) is 0 Å². The highest BCUT2D eigenvalue weighted by molar-refractivity contribution is 7.94. The van der Waals surface area contributed by atoms with Crippen molar-refractivity contribution in [1.82, 2.24) is 0 Å². The van der Waals surface area contributed by atoms with Crippen molar-refractivity contribution in [3.63, 3.8) is 0 Å². The van der Waals surface area contributed by atoms with E-state index in [9.17, 15) is 22.9 Å². The van der Waals surface area contributed by atoms with Crippen LogP contribution >= 0.6 is 22.9 Å². The number of hydrogen-bond donors (Lipinski definition) is 2. The number of benzene rings is 1. The van der Waals surface area contributed by atoms with Gasteiger partial charge in [0.05, 0.1) is 16.3 Å². The number of nitrogens with one attached hydrogen (secondary N) is 1. The van der Waals surface area contributed by atoms with Gasteiger partial charge in [-0.15, -0.1) is 11.3 Å². The molecule has 0 spiro atoms. The van der Waals surface area contributed by atoms with Crippen molar-refractivity contribution in [3.05, 3.63) is 44.5 Å². The quantitative estimate of drug-likeness (QED) is 0.499. The molecular formula is C10H7ClFN3O4S2. The molecule has 1 aromatic heterocycles. The van der Waals surface area contributed by atoms with Crippen LogP contribution in [0.25, 0.3) is 0 Å². The number of nitrogens with zero attached hydrogens (tertiary/aromatic N) is 1. The highest BCUT2D eigenvalue weighted by Gasteiger charge is 2.25. The number of halogens is 2. The predicted molar refractivity (Wildman–Crippen MR) is 77.6 cm³/mol. The monoisotopic (exact) mass is 351 g/mol. The summed E-state index contributed by atoms with van der Waals surface area (Å²) in [5.41, 5.74) is 4.86. The van der Waals surface area contributed by atoms with Crippen LogP contribution in [0.3, 0.4) is 0 Å². The lowest BCUT2D eigenvalue weighted by Gasteiger charge is -2.08. The van der Waals surface area contributed by atoms with Crippen LogP contribution in [0.1, 0.15) is 0 Å². The van der Waals surface area contributed by atoms with Gasteiger partial charge < -0.3 is 5.73 Å². The summed E-state index contributed by atoms with van der Waals surface area (Å²) in [4.78, 5) is 9.86. The van der Waals surface area contributed by atoms with Gasteiger partial charge in [-0.25, -0.2) is 12.8 Å². The molecule has 0 aliphatic carbocycles. The van der Waals surface area contributed by atoms with Gasteiger partial charge in [-0.1, -0.05) is 11.6 Å². The molecule has 0 saturated heterocycles. The second-order valence-electron chi connectivity index (χ2n) is 3.82. The Labute approximate surface area is 127 Å². The Morgan fingerprint density at radius 2 is 2.05 bits per heavy atom. The predicted octanol–water partition coefficient (Wildman–Crippen LogP) is 2.83. The van der Waals surface area contributed by atoms with Crippen LogP contribution in [0.2, 0.25) is 4.34 Å². The van der Waals surface area contributed by atoms with E-state index in [0.717, 1.165) is 18.2 Å². The first-order valence-electron chi connectivity index (χ1n) is 5.22. The van der Waals surface area contributed by atoms with E-state index < -0.39 is 26.5 Å². The van der Waals surface area contributed by atoms with Crippen molar-refractivity contribution >= 4 is 50.0 Å². The lowest BCUT2D eigenvalue weighted by molar-refractivity contribution is -0.384. The van der Waals surface area contributed by atoms with Crippen molar-refractivity contribution in [1.29, 1.82) is 0 Å². The molecule has 7 nitrogen and oxygen atoms in total. The van der Waals surface area contributed by atoms with E-state index in [1.165, 1.54) is 6.07 Å². The SMILES string of the molecule is Nc1ccc(F)cc1NS(=O)(=O)c1cc([N+](=O)[O-])c(Cl)s1. The van der Waals surface area contributed by atoms with Gasteiger partial charge >= 0.3 is 0 Å². The molecule has 0 radical (unpaired) electrons. The Bertz CT molecular complexity index is 822. The molecule has 0 amide bonds. The standard InChI is InChI=1S/C10H7ClFN3O4S2/c11-10-8(15(16)17)4-9(20-10)21(18,19)14-7-3-5(12)1-2-6(7)13/h1-4,14H,13H2. The molecule has 0 aliphatic heterocycles. The maximum absolute atomic E-state index is 13.1. The van der Waals surface area contributed by atoms with E-state index in [-0.39, 0.29) is 19.9 Å². The van der Waals surface area contributed by atoms with Gasteiger partial charge in [0.1, 0.15) is 10.0 Å². The summed E-state index contributed by atoms with van der Waals surface area (Å²) in [5, 5.41) is 10.7. The third-order valence-corrected chi connectivity index (χ3v) is 5.54. The maximum atomic E-state index is 13.1. The summed E-state index contributed by atoms with van der Waals surface area (Å²) in [6, 6.07) is 3.98. The highest BCUT2D eigenvalue weighted by atomic mass is 35.5. The second-order valence-corrected chi connectivity index (χ2v) is 7.38. The van der Waals surface area contributed by atoms with E-state index in [1.807, 2.05) is 0 Å². The minimum absolute atomic E-state index is 0.0112. The lowest BCUT2D eigenvalue weighted by atomic mass is 10.3. The number of rotatable bonds is 4. The van der Waals surface area contributed by atoms with Gasteiger partial charge in [-0.05, 0) is 12.1 Å². The van der Waals surface area contributed by atoms with Crippen molar-refractivity contribution in [2.45, 2.75) is 4.21 Å². The smallest absolute Gasteiger partial charge is 0.300 e. The molecule has 0 fully saturated rings. The van der Waals surface area contributed by atoms with Gasteiger partial charge in [0.2, 0.25) is 0 Å². The number of nitrogens with two attached hydrogens (primary N) is 1. The Kier molecular flexibility index (Phi) is 4.03. The fraction of sp³-hybridized carbons (Fsp3) is 0. The Morgan fingerprint density at radius 1 is 1.38 bits per heavy atom. The van der Waals surface area contributed by atoms with Crippen LogP contribution in [0.4, 0.5) is 21.5 Å². The van der Waals surface area contributed by atoms with Crippen LogP contribution in [0.15, 0.2) is 28.5 Å². The first kappa shape index (κ1) is 15.5. The average Bonchev–Trinajstić information content (AvgIpc) is 2.77. The van der Waals surface area contributed by atoms with Gasteiger partial charge in [0.15, 0.2) is 4.34 Å². The summed E-state index contributed by atoms with van der Waals surface area (Å²) in [7, 11) is -4.15. The molecule has 1 aromatic carbocycles. The fourth-order valence-corrected chi connectivity index (χ4v) is 4.15. The van der Waals surface area contributed by atoms with E-state index in [4.69, 9.17) is 17.3 Å². The minimum atomic E-state index is -4.15. The number of nitrogen functional groups attached to an aromatic ring is 1. The zero-order chi connectivity index (χ0) is 15.8. The largest absolute Gasteiger partial charge is 0.397 e. The van der Waals surface area contributed by atoms with Gasteiger partial charge in [0.25, 0.3) is 15.7 Å². The lowest BCUT2D eigenvalue weighted by Crippen LogP contribution is -2.13. The summed E-state index contributed by atoms with van der Waals surface area (Å²) in [6.07, 6.45) is 0. The van der Waals surface area contributed by atoms with Crippen LogP contribution in [-0.4, -0.2) is 13.3 Å². The normalized spacial score (nSPS) is 11.3. The molecule has 0 bridgehead atoms. The first-order chi connectivity index (χ1) is 9.70. The minimum Gasteiger partial charge on any atom is -0.397 e. The van der Waals surface area contributed by atoms with Crippen LogP contribution < -0.4 is 10.5 Å². The molecule has 0 aliphatic rings. The molecule has 21 heavy (non-hydrogen) atoms. The molecule has 2 rings (SSSR count). The van der Waals surface area contributed by atoms with Crippen LogP contribution in [0, 0.1) is 15.9 Å². The Morgan fingerprint density at radius 3 is 2.62 bits per heavy atom. The molecule has 0 saturated carbocycles. The second kappa shape index (κ2) is 5.47. The zero-order valence-corrected chi connectivity index (χ0v) is 12.4. The van der Waals surface area contributed by atoms with Crippen molar-refractivity contribution in [3.8, 4) is 0 Å². The maximum Gasteiger partial charge on any atom is 0.300 e. The van der Waals surface area contributed by atoms with Crippen molar-refractivity contribution in [2.75, 3.05) is 10.5 Å². The summed E-state index contributed by atoms with van der Waals surface area (Å²) >= 11 is 6.12. The molecular weight excluding hydrogens is 345 g/mol. The summed E-state index contributed by atoms with van der Waals surface area (Å²) in [6.45, 7) is 0. The molecule has 0 unspecified atom stereocenters. The number of anilines is 2. The van der Waals surface area contributed by atoms with E-state index >= 15 is 0 Å². The molecule has 11 heteroatoms. The van der Waals surface area contributed by atoms with Crippen LogP contribution in [-0.2, 0) is 10.0 Å². The molecule has 1 heterocycles. The molecule has 3 N–H and O–H groups in total. The van der Waals surface area contributed by atoms with Gasteiger partial charge in [0, 0.05) is 12.1 Å². The van der Waals surface area contributed by atoms with Gasteiger partial charge in [-0.3, -0.25) is 14.8 Å². The van der Waals surface area contributed by atoms with E-state index in [2.05, 4.69) is 4.72 Å². The number of nitro groups is 1. The summed E-state index contributed by atoms with van der Waals surface area (Å²) in [5.74, 6) is -0.683. The highest BCUT2D eigenvalue weighted by Crippen LogP contribution is 2.37. The van der Waals surface area contributed by atoms with Crippen molar-refractivity contribution in [2.24, 2.45) is 0 Å². The number of hydrogen-bond acceptors (Lipinski definition) is 6.